The highest BCUT2D eigenvalue weighted by Crippen LogP contribution is 2.13. The lowest BCUT2D eigenvalue weighted by molar-refractivity contribution is 0.392. The molecule has 1 saturated heterocycles. The Morgan fingerprint density at radius 3 is 3.27 bits per heavy atom. The molecule has 82 valence electrons. The predicted molar refractivity (Wildman–Crippen MR) is 63.1 cm³/mol. The van der Waals surface area contributed by atoms with Gasteiger partial charge in [0.15, 0.2) is 0 Å². The predicted octanol–water partition coefficient (Wildman–Crippen LogP) is 1.80. The van der Waals surface area contributed by atoms with E-state index in [2.05, 4.69) is 28.6 Å². The van der Waals surface area contributed by atoms with Gasteiger partial charge in [-0.1, -0.05) is 6.07 Å². The molecule has 1 aromatic heterocycles. The van der Waals surface area contributed by atoms with Crippen LogP contribution in [0.5, 0.6) is 0 Å². The average molecular weight is 205 g/mol. The summed E-state index contributed by atoms with van der Waals surface area (Å²) in [6, 6.07) is 4.07. The van der Waals surface area contributed by atoms with E-state index in [1.54, 1.807) is 0 Å². The van der Waals surface area contributed by atoms with Gasteiger partial charge in [-0.15, -0.1) is 0 Å². The first-order valence-corrected chi connectivity index (χ1v) is 5.72. The van der Waals surface area contributed by atoms with Crippen LogP contribution in [0.3, 0.4) is 0 Å². The van der Waals surface area contributed by atoms with Crippen LogP contribution in [0.2, 0.25) is 0 Å². The number of hydrogen-bond acceptors (Lipinski definition) is 3. The highest BCUT2D eigenvalue weighted by atomic mass is 15.0. The number of hydrogen-bond donors (Lipinski definition) is 2. The van der Waals surface area contributed by atoms with Crippen molar-refractivity contribution < 1.29 is 0 Å². The van der Waals surface area contributed by atoms with Gasteiger partial charge in [-0.3, -0.25) is 0 Å². The topological polar surface area (TPSA) is 37.0 Å². The summed E-state index contributed by atoms with van der Waals surface area (Å²) in [5.41, 5.74) is 1.22. The van der Waals surface area contributed by atoms with Crippen molar-refractivity contribution in [1.29, 1.82) is 0 Å². The SMILES string of the molecule is Cc1cccnc1NCC1CCCNC1. The van der Waals surface area contributed by atoms with Crippen LogP contribution in [0.1, 0.15) is 18.4 Å². The molecule has 2 N–H and O–H groups in total. The third-order valence-corrected chi connectivity index (χ3v) is 2.97. The average Bonchev–Trinajstić information content (AvgIpc) is 2.29. The van der Waals surface area contributed by atoms with Crippen molar-refractivity contribution in [2.75, 3.05) is 25.0 Å². The summed E-state index contributed by atoms with van der Waals surface area (Å²) in [6.07, 6.45) is 4.47. The molecule has 1 aliphatic heterocycles. The second-order valence-electron chi connectivity index (χ2n) is 4.26. The third kappa shape index (κ3) is 2.93. The smallest absolute Gasteiger partial charge is 0.128 e. The summed E-state index contributed by atoms with van der Waals surface area (Å²) in [6.45, 7) is 5.44. The van der Waals surface area contributed by atoms with E-state index in [0.29, 0.717) is 0 Å². The fraction of sp³-hybridized carbons (Fsp3) is 0.583. The van der Waals surface area contributed by atoms with Crippen molar-refractivity contribution in [2.24, 2.45) is 5.92 Å². The van der Waals surface area contributed by atoms with Gasteiger partial charge in [0.25, 0.3) is 0 Å². The summed E-state index contributed by atoms with van der Waals surface area (Å²) in [7, 11) is 0. The Balaban J connectivity index is 1.84. The second-order valence-corrected chi connectivity index (χ2v) is 4.26. The minimum Gasteiger partial charge on any atom is -0.370 e. The molecule has 1 aliphatic rings. The molecule has 1 unspecified atom stereocenters. The van der Waals surface area contributed by atoms with Crippen LogP contribution < -0.4 is 10.6 Å². The standard InChI is InChI=1S/C12H19N3/c1-10-4-2-7-14-12(10)15-9-11-5-3-6-13-8-11/h2,4,7,11,13H,3,5-6,8-9H2,1H3,(H,14,15). The van der Waals surface area contributed by atoms with E-state index in [-0.39, 0.29) is 0 Å². The summed E-state index contributed by atoms with van der Waals surface area (Å²) in [5, 5.41) is 6.86. The first-order valence-electron chi connectivity index (χ1n) is 5.72. The van der Waals surface area contributed by atoms with E-state index >= 15 is 0 Å². The van der Waals surface area contributed by atoms with Crippen molar-refractivity contribution in [2.45, 2.75) is 19.8 Å². The first-order chi connectivity index (χ1) is 7.36. The maximum atomic E-state index is 4.33. The largest absolute Gasteiger partial charge is 0.370 e. The molecule has 1 aromatic rings. The number of anilines is 1. The van der Waals surface area contributed by atoms with Gasteiger partial charge in [0.2, 0.25) is 0 Å². The minimum absolute atomic E-state index is 0.750. The maximum absolute atomic E-state index is 4.33. The quantitative estimate of drug-likeness (QED) is 0.790. The minimum atomic E-state index is 0.750. The van der Waals surface area contributed by atoms with Gasteiger partial charge >= 0.3 is 0 Å². The monoisotopic (exact) mass is 205 g/mol. The van der Waals surface area contributed by atoms with Crippen LogP contribution in [0.15, 0.2) is 18.3 Å². The second kappa shape index (κ2) is 5.12. The van der Waals surface area contributed by atoms with E-state index in [0.717, 1.165) is 24.8 Å². The molecule has 2 heterocycles. The van der Waals surface area contributed by atoms with Crippen LogP contribution >= 0.6 is 0 Å². The lowest BCUT2D eigenvalue weighted by Crippen LogP contribution is -2.33. The van der Waals surface area contributed by atoms with Crippen molar-refractivity contribution in [3.8, 4) is 0 Å². The number of nitrogens with one attached hydrogen (secondary N) is 2. The van der Waals surface area contributed by atoms with Crippen molar-refractivity contribution in [3.05, 3.63) is 23.9 Å². The molecule has 3 heteroatoms. The molecule has 0 aliphatic carbocycles. The van der Waals surface area contributed by atoms with Gasteiger partial charge in [0, 0.05) is 12.7 Å². The Morgan fingerprint density at radius 2 is 2.53 bits per heavy atom. The molecule has 0 amide bonds. The van der Waals surface area contributed by atoms with E-state index in [9.17, 15) is 0 Å². The van der Waals surface area contributed by atoms with Crippen LogP contribution in [0.4, 0.5) is 5.82 Å². The fourth-order valence-electron chi connectivity index (χ4n) is 2.01. The Kier molecular flexibility index (Phi) is 3.56. The zero-order chi connectivity index (χ0) is 10.5. The maximum Gasteiger partial charge on any atom is 0.128 e. The fourth-order valence-corrected chi connectivity index (χ4v) is 2.01. The Bertz CT molecular complexity index is 305. The number of pyridine rings is 1. The summed E-state index contributed by atoms with van der Waals surface area (Å²) >= 11 is 0. The summed E-state index contributed by atoms with van der Waals surface area (Å²) in [4.78, 5) is 4.33. The molecule has 2 rings (SSSR count). The van der Waals surface area contributed by atoms with Gasteiger partial charge in [-0.2, -0.15) is 0 Å². The van der Waals surface area contributed by atoms with Crippen molar-refractivity contribution in [3.63, 3.8) is 0 Å². The molecule has 1 fully saturated rings. The molecule has 0 aromatic carbocycles. The zero-order valence-electron chi connectivity index (χ0n) is 9.29. The Labute approximate surface area is 91.3 Å². The van der Waals surface area contributed by atoms with Crippen LogP contribution in [-0.2, 0) is 0 Å². The molecule has 15 heavy (non-hydrogen) atoms. The van der Waals surface area contributed by atoms with Crippen molar-refractivity contribution >= 4 is 5.82 Å². The van der Waals surface area contributed by atoms with E-state index < -0.39 is 0 Å². The van der Waals surface area contributed by atoms with Crippen LogP contribution in [0.25, 0.3) is 0 Å². The summed E-state index contributed by atoms with van der Waals surface area (Å²) in [5.74, 6) is 1.78. The van der Waals surface area contributed by atoms with Crippen molar-refractivity contribution in [1.82, 2.24) is 10.3 Å². The molecule has 0 radical (unpaired) electrons. The number of rotatable bonds is 3. The van der Waals surface area contributed by atoms with Gasteiger partial charge in [-0.25, -0.2) is 4.98 Å². The first kappa shape index (κ1) is 10.4. The number of nitrogens with zero attached hydrogens (tertiary/aromatic N) is 1. The van der Waals surface area contributed by atoms with E-state index in [4.69, 9.17) is 0 Å². The molecule has 0 spiro atoms. The molecular weight excluding hydrogens is 186 g/mol. The number of aryl methyl sites for hydroxylation is 1. The molecule has 3 nitrogen and oxygen atoms in total. The Hall–Kier alpha value is -1.09. The van der Waals surface area contributed by atoms with Gasteiger partial charge in [0.1, 0.15) is 5.82 Å². The lowest BCUT2D eigenvalue weighted by Gasteiger charge is -2.23. The molecular formula is C12H19N3. The zero-order valence-corrected chi connectivity index (χ0v) is 9.29. The number of piperidine rings is 1. The summed E-state index contributed by atoms with van der Waals surface area (Å²) < 4.78 is 0. The number of aromatic nitrogens is 1. The lowest BCUT2D eigenvalue weighted by atomic mass is 10.00. The van der Waals surface area contributed by atoms with Crippen LogP contribution in [0, 0.1) is 12.8 Å². The van der Waals surface area contributed by atoms with Gasteiger partial charge < -0.3 is 10.6 Å². The van der Waals surface area contributed by atoms with Gasteiger partial charge in [-0.05, 0) is 50.4 Å². The van der Waals surface area contributed by atoms with Crippen LogP contribution in [-0.4, -0.2) is 24.6 Å². The highest BCUT2D eigenvalue weighted by molar-refractivity contribution is 5.42. The molecule has 0 saturated carbocycles. The van der Waals surface area contributed by atoms with Gasteiger partial charge in [0.05, 0.1) is 0 Å². The normalized spacial score (nSPS) is 21.3. The highest BCUT2D eigenvalue weighted by Gasteiger charge is 2.12. The third-order valence-electron chi connectivity index (χ3n) is 2.97. The van der Waals surface area contributed by atoms with E-state index in [1.165, 1.54) is 24.9 Å². The van der Waals surface area contributed by atoms with E-state index in [1.807, 2.05) is 12.3 Å². The Morgan fingerprint density at radius 1 is 1.60 bits per heavy atom. The molecule has 0 bridgehead atoms. The molecule has 1 atom stereocenters.